The Bertz CT molecular complexity index is 475. The van der Waals surface area contributed by atoms with E-state index in [1.54, 1.807) is 18.2 Å². The molecular formula is C15H22F3N3O. The molecule has 22 heavy (non-hydrogen) atoms. The maximum atomic E-state index is 12.3. The number of benzene rings is 1. The van der Waals surface area contributed by atoms with Gasteiger partial charge in [-0.2, -0.15) is 13.2 Å². The molecule has 1 aromatic carbocycles. The number of hydrogen-bond donors (Lipinski definition) is 2. The molecule has 0 fully saturated rings. The standard InChI is InChI=1S/C15H22F3N3O/c1-3-9-20-14(19-4-2)21-10-12-7-5-6-8-13(12)22-11-15(16,17)18/h5-8H,3-4,9-11H2,1-2H3,(H2,19,20,21). The van der Waals surface area contributed by atoms with Crippen LogP contribution in [0.5, 0.6) is 5.75 Å². The highest BCUT2D eigenvalue weighted by atomic mass is 19.4. The van der Waals surface area contributed by atoms with Crippen molar-refractivity contribution in [1.29, 1.82) is 0 Å². The molecule has 0 unspecified atom stereocenters. The highest BCUT2D eigenvalue weighted by Gasteiger charge is 2.28. The second-order valence-electron chi connectivity index (χ2n) is 4.63. The summed E-state index contributed by atoms with van der Waals surface area (Å²) < 4.78 is 41.6. The normalized spacial score (nSPS) is 12.1. The molecule has 2 N–H and O–H groups in total. The van der Waals surface area contributed by atoms with Gasteiger partial charge in [0, 0.05) is 18.7 Å². The van der Waals surface area contributed by atoms with Crippen molar-refractivity contribution in [3.63, 3.8) is 0 Å². The van der Waals surface area contributed by atoms with Gasteiger partial charge in [-0.15, -0.1) is 0 Å². The van der Waals surface area contributed by atoms with E-state index in [2.05, 4.69) is 15.6 Å². The first-order valence-corrected chi connectivity index (χ1v) is 7.26. The number of guanidine groups is 1. The molecule has 0 saturated carbocycles. The van der Waals surface area contributed by atoms with E-state index in [0.717, 1.165) is 13.0 Å². The number of alkyl halides is 3. The lowest BCUT2D eigenvalue weighted by molar-refractivity contribution is -0.153. The van der Waals surface area contributed by atoms with Gasteiger partial charge in [-0.3, -0.25) is 0 Å². The van der Waals surface area contributed by atoms with Crippen molar-refractivity contribution in [2.45, 2.75) is 33.0 Å². The fourth-order valence-electron chi connectivity index (χ4n) is 1.68. The molecule has 0 heterocycles. The molecule has 0 spiro atoms. The van der Waals surface area contributed by atoms with Gasteiger partial charge in [0.15, 0.2) is 12.6 Å². The fourth-order valence-corrected chi connectivity index (χ4v) is 1.68. The molecule has 1 rings (SSSR count). The van der Waals surface area contributed by atoms with Crippen LogP contribution in [0.2, 0.25) is 0 Å². The van der Waals surface area contributed by atoms with Crippen LogP contribution in [0.15, 0.2) is 29.3 Å². The summed E-state index contributed by atoms with van der Waals surface area (Å²) in [5, 5.41) is 6.22. The van der Waals surface area contributed by atoms with Gasteiger partial charge in [0.1, 0.15) is 5.75 Å². The van der Waals surface area contributed by atoms with E-state index in [0.29, 0.717) is 18.1 Å². The minimum atomic E-state index is -4.35. The second kappa shape index (κ2) is 9.17. The van der Waals surface area contributed by atoms with Crippen LogP contribution in [0.4, 0.5) is 13.2 Å². The fraction of sp³-hybridized carbons (Fsp3) is 0.533. The number of hydrogen-bond acceptors (Lipinski definition) is 2. The zero-order valence-corrected chi connectivity index (χ0v) is 12.8. The maximum absolute atomic E-state index is 12.3. The van der Waals surface area contributed by atoms with E-state index in [4.69, 9.17) is 4.74 Å². The number of para-hydroxylation sites is 1. The Labute approximate surface area is 128 Å². The molecule has 7 heteroatoms. The first kappa shape index (κ1) is 18.1. The van der Waals surface area contributed by atoms with Crippen molar-refractivity contribution >= 4 is 5.96 Å². The molecule has 0 bridgehead atoms. The molecule has 0 saturated heterocycles. The van der Waals surface area contributed by atoms with E-state index in [-0.39, 0.29) is 12.3 Å². The third-order valence-corrected chi connectivity index (χ3v) is 2.66. The topological polar surface area (TPSA) is 45.7 Å². The predicted molar refractivity (Wildman–Crippen MR) is 81.1 cm³/mol. The van der Waals surface area contributed by atoms with Crippen LogP contribution < -0.4 is 15.4 Å². The Morgan fingerprint density at radius 2 is 1.91 bits per heavy atom. The van der Waals surface area contributed by atoms with Crippen LogP contribution in [-0.4, -0.2) is 31.8 Å². The van der Waals surface area contributed by atoms with Crippen LogP contribution in [0.1, 0.15) is 25.8 Å². The minimum absolute atomic E-state index is 0.204. The van der Waals surface area contributed by atoms with E-state index >= 15 is 0 Å². The first-order chi connectivity index (χ1) is 10.5. The Balaban J connectivity index is 2.74. The van der Waals surface area contributed by atoms with Gasteiger partial charge < -0.3 is 15.4 Å². The highest BCUT2D eigenvalue weighted by molar-refractivity contribution is 5.79. The lowest BCUT2D eigenvalue weighted by atomic mass is 10.2. The molecule has 0 aliphatic rings. The summed E-state index contributed by atoms with van der Waals surface area (Å²) >= 11 is 0. The van der Waals surface area contributed by atoms with Crippen molar-refractivity contribution in [3.05, 3.63) is 29.8 Å². The van der Waals surface area contributed by atoms with E-state index in [1.165, 1.54) is 6.07 Å². The van der Waals surface area contributed by atoms with Gasteiger partial charge >= 0.3 is 6.18 Å². The van der Waals surface area contributed by atoms with Crippen LogP contribution >= 0.6 is 0 Å². The number of rotatable bonds is 7. The third kappa shape index (κ3) is 7.19. The Kier molecular flexibility index (Phi) is 7.56. The van der Waals surface area contributed by atoms with E-state index < -0.39 is 12.8 Å². The first-order valence-electron chi connectivity index (χ1n) is 7.26. The largest absolute Gasteiger partial charge is 0.484 e. The summed E-state index contributed by atoms with van der Waals surface area (Å²) in [5.74, 6) is 0.838. The monoisotopic (exact) mass is 317 g/mol. The minimum Gasteiger partial charge on any atom is -0.484 e. The summed E-state index contributed by atoms with van der Waals surface area (Å²) in [6.07, 6.45) is -3.40. The van der Waals surface area contributed by atoms with E-state index in [9.17, 15) is 13.2 Å². The molecule has 0 amide bonds. The molecule has 1 aromatic rings. The zero-order chi connectivity index (χ0) is 16.4. The van der Waals surface area contributed by atoms with Crippen LogP contribution in [0.25, 0.3) is 0 Å². The number of nitrogens with one attached hydrogen (secondary N) is 2. The number of nitrogens with zero attached hydrogens (tertiary/aromatic N) is 1. The summed E-state index contributed by atoms with van der Waals surface area (Å²) in [6.45, 7) is 4.41. The average Bonchev–Trinajstić information content (AvgIpc) is 2.48. The smallest absolute Gasteiger partial charge is 0.422 e. The van der Waals surface area contributed by atoms with Crippen LogP contribution in [0.3, 0.4) is 0 Å². The van der Waals surface area contributed by atoms with Gasteiger partial charge in [0.05, 0.1) is 6.54 Å². The summed E-state index contributed by atoms with van der Waals surface area (Å²) in [5.41, 5.74) is 0.612. The molecule has 0 aromatic heterocycles. The lowest BCUT2D eigenvalue weighted by Crippen LogP contribution is -2.37. The molecule has 4 nitrogen and oxygen atoms in total. The molecule has 0 aliphatic heterocycles. The Hall–Kier alpha value is -1.92. The SMILES string of the molecule is CCCNC(=NCc1ccccc1OCC(F)(F)F)NCC. The van der Waals surface area contributed by atoms with Gasteiger partial charge in [0.25, 0.3) is 0 Å². The summed E-state index contributed by atoms with van der Waals surface area (Å²) in [6, 6.07) is 6.61. The summed E-state index contributed by atoms with van der Waals surface area (Å²) in [7, 11) is 0. The average molecular weight is 317 g/mol. The van der Waals surface area contributed by atoms with Crippen molar-refractivity contribution < 1.29 is 17.9 Å². The quantitative estimate of drug-likeness (QED) is 0.600. The number of halogens is 3. The lowest BCUT2D eigenvalue weighted by Gasteiger charge is -2.13. The molecule has 124 valence electrons. The van der Waals surface area contributed by atoms with Gasteiger partial charge in [-0.05, 0) is 19.4 Å². The molecule has 0 aliphatic carbocycles. The Morgan fingerprint density at radius 1 is 1.18 bits per heavy atom. The summed E-state index contributed by atoms with van der Waals surface area (Å²) in [4.78, 5) is 4.36. The van der Waals surface area contributed by atoms with Crippen LogP contribution in [0, 0.1) is 0 Å². The van der Waals surface area contributed by atoms with Crippen molar-refractivity contribution in [1.82, 2.24) is 10.6 Å². The molecule has 0 atom stereocenters. The maximum Gasteiger partial charge on any atom is 0.422 e. The molecule has 0 radical (unpaired) electrons. The zero-order valence-electron chi connectivity index (χ0n) is 12.8. The number of ether oxygens (including phenoxy) is 1. The highest BCUT2D eigenvalue weighted by Crippen LogP contribution is 2.22. The van der Waals surface area contributed by atoms with E-state index in [1.807, 2.05) is 13.8 Å². The van der Waals surface area contributed by atoms with Crippen molar-refractivity contribution in [2.75, 3.05) is 19.7 Å². The Morgan fingerprint density at radius 3 is 2.55 bits per heavy atom. The predicted octanol–water partition coefficient (Wildman–Crippen LogP) is 3.09. The van der Waals surface area contributed by atoms with Crippen molar-refractivity contribution in [3.8, 4) is 5.75 Å². The number of aliphatic imine (C=N–C) groups is 1. The van der Waals surface area contributed by atoms with Gasteiger partial charge in [0.2, 0.25) is 0 Å². The van der Waals surface area contributed by atoms with Crippen molar-refractivity contribution in [2.24, 2.45) is 4.99 Å². The third-order valence-electron chi connectivity index (χ3n) is 2.66. The van der Waals surface area contributed by atoms with Crippen LogP contribution in [-0.2, 0) is 6.54 Å². The van der Waals surface area contributed by atoms with Gasteiger partial charge in [-0.25, -0.2) is 4.99 Å². The van der Waals surface area contributed by atoms with Gasteiger partial charge in [-0.1, -0.05) is 25.1 Å². The molecular weight excluding hydrogens is 295 g/mol. The second-order valence-corrected chi connectivity index (χ2v) is 4.63.